The number of nitrogens with one attached hydrogen (secondary N) is 1. The van der Waals surface area contributed by atoms with Crippen LogP contribution in [0.5, 0.6) is 0 Å². The van der Waals surface area contributed by atoms with Crippen molar-refractivity contribution in [1.29, 1.82) is 0 Å². The normalized spacial score (nSPS) is 26.4. The maximum absolute atomic E-state index is 13.0. The molecule has 106 valence electrons. The van der Waals surface area contributed by atoms with Crippen LogP contribution in [0.15, 0.2) is 0 Å². The van der Waals surface area contributed by atoms with Crippen molar-refractivity contribution in [3.8, 4) is 0 Å². The number of nitrogens with zero attached hydrogens (tertiary/aromatic N) is 1. The predicted octanol–water partition coefficient (Wildman–Crippen LogP) is 1.58. The third kappa shape index (κ3) is 1.98. The highest BCUT2D eigenvalue weighted by Gasteiger charge is 2.71. The van der Waals surface area contributed by atoms with E-state index in [2.05, 4.69) is 0 Å². The molecule has 19 heavy (non-hydrogen) atoms. The Morgan fingerprint density at radius 3 is 2.32 bits per heavy atom. The van der Waals surface area contributed by atoms with Crippen molar-refractivity contribution in [3.63, 3.8) is 0 Å². The fourth-order valence-electron chi connectivity index (χ4n) is 2.32. The molecule has 4 amide bonds. The average Bonchev–Trinajstić information content (AvgIpc) is 3.04. The molecule has 1 saturated heterocycles. The summed E-state index contributed by atoms with van der Waals surface area (Å²) in [6.45, 7) is 1.71. The fraction of sp³-hybridized carbons (Fsp3) is 0.727. The molecule has 1 aliphatic heterocycles. The van der Waals surface area contributed by atoms with Gasteiger partial charge < -0.3 is 0 Å². The standard InChI is InChI=1S/C11H13F3N2O3/c1-2-3-6-7(17)15-9(19)16(8(6)18)10(4-5-10)11(12,13)14/h6H,2-5H2,1H3,(H,15,17,19). The molecule has 2 fully saturated rings. The Morgan fingerprint density at radius 2 is 1.89 bits per heavy atom. The number of imide groups is 2. The lowest BCUT2D eigenvalue weighted by molar-refractivity contribution is -0.195. The molecule has 2 aliphatic rings. The highest BCUT2D eigenvalue weighted by Crippen LogP contribution is 2.54. The number of rotatable bonds is 3. The van der Waals surface area contributed by atoms with Gasteiger partial charge in [-0.15, -0.1) is 0 Å². The Morgan fingerprint density at radius 1 is 1.32 bits per heavy atom. The first-order valence-electron chi connectivity index (χ1n) is 6.00. The van der Waals surface area contributed by atoms with E-state index in [0.29, 0.717) is 6.42 Å². The topological polar surface area (TPSA) is 66.5 Å². The summed E-state index contributed by atoms with van der Waals surface area (Å²) in [6, 6.07) is -1.27. The van der Waals surface area contributed by atoms with Gasteiger partial charge in [-0.25, -0.2) is 9.69 Å². The summed E-state index contributed by atoms with van der Waals surface area (Å²) in [4.78, 5) is 35.3. The Kier molecular flexibility index (Phi) is 3.06. The van der Waals surface area contributed by atoms with Gasteiger partial charge in [0, 0.05) is 0 Å². The molecule has 5 nitrogen and oxygen atoms in total. The largest absolute Gasteiger partial charge is 0.412 e. The average molecular weight is 278 g/mol. The van der Waals surface area contributed by atoms with Gasteiger partial charge >= 0.3 is 12.2 Å². The highest BCUT2D eigenvalue weighted by molar-refractivity contribution is 6.16. The van der Waals surface area contributed by atoms with E-state index in [1.807, 2.05) is 5.32 Å². The van der Waals surface area contributed by atoms with Gasteiger partial charge in [-0.1, -0.05) is 13.3 Å². The van der Waals surface area contributed by atoms with Crippen molar-refractivity contribution < 1.29 is 27.6 Å². The SMILES string of the molecule is CCCC1C(=O)NC(=O)N(C2(C(F)(F)F)CC2)C1=O. The first-order valence-corrected chi connectivity index (χ1v) is 6.00. The summed E-state index contributed by atoms with van der Waals surface area (Å²) < 4.78 is 38.9. The van der Waals surface area contributed by atoms with Crippen LogP contribution >= 0.6 is 0 Å². The monoisotopic (exact) mass is 278 g/mol. The van der Waals surface area contributed by atoms with Gasteiger partial charge in [0.2, 0.25) is 11.8 Å². The molecular formula is C11H13F3N2O3. The maximum atomic E-state index is 13.0. The van der Waals surface area contributed by atoms with E-state index in [4.69, 9.17) is 0 Å². The summed E-state index contributed by atoms with van der Waals surface area (Å²) in [5, 5.41) is 1.84. The lowest BCUT2D eigenvalue weighted by atomic mass is 9.97. The molecule has 1 aliphatic carbocycles. The van der Waals surface area contributed by atoms with E-state index < -0.39 is 35.5 Å². The lowest BCUT2D eigenvalue weighted by Gasteiger charge is -2.36. The van der Waals surface area contributed by atoms with E-state index in [1.54, 1.807) is 6.92 Å². The Hall–Kier alpha value is -1.60. The molecule has 0 aromatic heterocycles. The summed E-state index contributed by atoms with van der Waals surface area (Å²) in [6.07, 6.45) is -4.68. The van der Waals surface area contributed by atoms with Gasteiger partial charge in [-0.05, 0) is 19.3 Å². The number of hydrogen-bond donors (Lipinski definition) is 1. The van der Waals surface area contributed by atoms with E-state index in [9.17, 15) is 27.6 Å². The zero-order chi connectivity index (χ0) is 14.4. The first-order chi connectivity index (χ1) is 8.74. The second-order valence-corrected chi connectivity index (χ2v) is 4.84. The van der Waals surface area contributed by atoms with Crippen LogP contribution in [-0.2, 0) is 9.59 Å². The van der Waals surface area contributed by atoms with Crippen LogP contribution in [0.4, 0.5) is 18.0 Å². The highest BCUT2D eigenvalue weighted by atomic mass is 19.4. The van der Waals surface area contributed by atoms with Crippen molar-refractivity contribution in [2.45, 2.75) is 44.3 Å². The number of hydrogen-bond acceptors (Lipinski definition) is 3. The number of carbonyl (C=O) groups is 3. The minimum Gasteiger partial charge on any atom is -0.277 e. The van der Waals surface area contributed by atoms with Crippen LogP contribution in [-0.4, -0.2) is 34.5 Å². The molecule has 1 saturated carbocycles. The lowest BCUT2D eigenvalue weighted by Crippen LogP contribution is -2.65. The Bertz CT molecular complexity index is 443. The summed E-state index contributed by atoms with van der Waals surface area (Å²) in [7, 11) is 0. The number of halogens is 3. The van der Waals surface area contributed by atoms with Gasteiger partial charge in [0.25, 0.3) is 0 Å². The molecule has 1 heterocycles. The molecule has 0 aromatic carbocycles. The van der Waals surface area contributed by atoms with Crippen LogP contribution in [0, 0.1) is 5.92 Å². The van der Waals surface area contributed by atoms with Crippen molar-refractivity contribution in [2.75, 3.05) is 0 Å². The fourth-order valence-corrected chi connectivity index (χ4v) is 2.32. The van der Waals surface area contributed by atoms with Gasteiger partial charge in [-0.3, -0.25) is 14.9 Å². The molecular weight excluding hydrogens is 265 g/mol. The smallest absolute Gasteiger partial charge is 0.277 e. The van der Waals surface area contributed by atoms with Crippen molar-refractivity contribution >= 4 is 17.8 Å². The second kappa shape index (κ2) is 4.21. The zero-order valence-electron chi connectivity index (χ0n) is 10.2. The van der Waals surface area contributed by atoms with Gasteiger partial charge in [0.1, 0.15) is 11.5 Å². The van der Waals surface area contributed by atoms with Gasteiger partial charge in [0.15, 0.2) is 0 Å². The van der Waals surface area contributed by atoms with Crippen molar-refractivity contribution in [3.05, 3.63) is 0 Å². The van der Waals surface area contributed by atoms with Crippen LogP contribution < -0.4 is 5.32 Å². The molecule has 2 rings (SSSR count). The molecule has 1 atom stereocenters. The summed E-state index contributed by atoms with van der Waals surface area (Å²) >= 11 is 0. The van der Waals surface area contributed by atoms with Crippen molar-refractivity contribution in [1.82, 2.24) is 10.2 Å². The zero-order valence-corrected chi connectivity index (χ0v) is 10.2. The van der Waals surface area contributed by atoms with E-state index in [-0.39, 0.29) is 24.2 Å². The maximum Gasteiger partial charge on any atom is 0.412 e. The molecule has 1 unspecified atom stereocenters. The molecule has 0 aromatic rings. The molecule has 0 spiro atoms. The molecule has 0 radical (unpaired) electrons. The van der Waals surface area contributed by atoms with Crippen LogP contribution in [0.2, 0.25) is 0 Å². The minimum absolute atomic E-state index is 0.127. The van der Waals surface area contributed by atoms with Crippen LogP contribution in [0.25, 0.3) is 0 Å². The summed E-state index contributed by atoms with van der Waals surface area (Å²) in [5.74, 6) is -3.06. The number of barbiturate groups is 1. The second-order valence-electron chi connectivity index (χ2n) is 4.84. The van der Waals surface area contributed by atoms with E-state index in [1.165, 1.54) is 0 Å². The van der Waals surface area contributed by atoms with Gasteiger partial charge in [-0.2, -0.15) is 13.2 Å². The predicted molar refractivity (Wildman–Crippen MR) is 56.8 cm³/mol. The number of alkyl halides is 3. The van der Waals surface area contributed by atoms with E-state index >= 15 is 0 Å². The third-order valence-electron chi connectivity index (χ3n) is 3.52. The quantitative estimate of drug-likeness (QED) is 0.797. The van der Waals surface area contributed by atoms with Crippen LogP contribution in [0.1, 0.15) is 32.6 Å². The Balaban J connectivity index is 2.32. The number of amides is 4. The molecule has 0 bridgehead atoms. The summed E-state index contributed by atoms with van der Waals surface area (Å²) in [5.41, 5.74) is -2.42. The first kappa shape index (κ1) is 13.8. The van der Waals surface area contributed by atoms with Gasteiger partial charge in [0.05, 0.1) is 0 Å². The number of urea groups is 1. The number of carbonyl (C=O) groups excluding carboxylic acids is 3. The molecule has 1 N–H and O–H groups in total. The molecule has 8 heteroatoms. The third-order valence-corrected chi connectivity index (χ3v) is 3.52. The Labute approximate surface area is 107 Å². The van der Waals surface area contributed by atoms with E-state index in [0.717, 1.165) is 0 Å². The van der Waals surface area contributed by atoms with Crippen LogP contribution in [0.3, 0.4) is 0 Å². The van der Waals surface area contributed by atoms with Crippen molar-refractivity contribution in [2.24, 2.45) is 5.92 Å². The minimum atomic E-state index is -4.67.